The van der Waals surface area contributed by atoms with Gasteiger partial charge < -0.3 is 15.0 Å². The standard InChI is InChI=1S/C13H17FN2O2/c1-13(8-15-9-13)18-7-12(17)16(2)11-5-3-4-10(14)6-11/h3-6,15H,7-9H2,1-2H3. The van der Waals surface area contributed by atoms with Gasteiger partial charge >= 0.3 is 0 Å². The van der Waals surface area contributed by atoms with E-state index in [1.807, 2.05) is 6.92 Å². The van der Waals surface area contributed by atoms with Crippen LogP contribution in [0.4, 0.5) is 10.1 Å². The summed E-state index contributed by atoms with van der Waals surface area (Å²) in [7, 11) is 1.61. The summed E-state index contributed by atoms with van der Waals surface area (Å²) in [6.45, 7) is 3.47. The van der Waals surface area contributed by atoms with Crippen molar-refractivity contribution in [3.05, 3.63) is 30.1 Å². The van der Waals surface area contributed by atoms with Crippen LogP contribution in [-0.4, -0.2) is 38.3 Å². The van der Waals surface area contributed by atoms with Gasteiger partial charge in [-0.05, 0) is 25.1 Å². The average molecular weight is 252 g/mol. The predicted molar refractivity (Wildman–Crippen MR) is 67.0 cm³/mol. The minimum atomic E-state index is -0.358. The summed E-state index contributed by atoms with van der Waals surface area (Å²) in [5.74, 6) is -0.544. The first-order valence-corrected chi connectivity index (χ1v) is 5.87. The van der Waals surface area contributed by atoms with Crippen LogP contribution in [0.15, 0.2) is 24.3 Å². The number of nitrogens with one attached hydrogen (secondary N) is 1. The van der Waals surface area contributed by atoms with Crippen LogP contribution in [0.5, 0.6) is 0 Å². The highest BCUT2D eigenvalue weighted by molar-refractivity contribution is 5.93. The molecular weight excluding hydrogens is 235 g/mol. The van der Waals surface area contributed by atoms with Gasteiger partial charge in [0.1, 0.15) is 12.4 Å². The average Bonchev–Trinajstić information content (AvgIpc) is 2.32. The Bertz CT molecular complexity index is 446. The molecule has 0 aliphatic carbocycles. The number of halogens is 1. The summed E-state index contributed by atoms with van der Waals surface area (Å²) in [6, 6.07) is 5.93. The quantitative estimate of drug-likeness (QED) is 0.874. The minimum Gasteiger partial charge on any atom is -0.363 e. The van der Waals surface area contributed by atoms with Crippen LogP contribution in [0.2, 0.25) is 0 Å². The molecule has 98 valence electrons. The normalized spacial score (nSPS) is 17.1. The number of anilines is 1. The molecule has 1 saturated heterocycles. The molecule has 0 radical (unpaired) electrons. The number of likely N-dealkylation sites (N-methyl/N-ethyl adjacent to an activating group) is 1. The topological polar surface area (TPSA) is 41.6 Å². The van der Waals surface area contributed by atoms with Crippen molar-refractivity contribution in [3.63, 3.8) is 0 Å². The third-order valence-electron chi connectivity index (χ3n) is 3.11. The van der Waals surface area contributed by atoms with Gasteiger partial charge in [-0.2, -0.15) is 0 Å². The van der Waals surface area contributed by atoms with Gasteiger partial charge in [0, 0.05) is 25.8 Å². The van der Waals surface area contributed by atoms with Crippen molar-refractivity contribution < 1.29 is 13.9 Å². The first-order valence-electron chi connectivity index (χ1n) is 5.87. The molecule has 1 amide bonds. The summed E-state index contributed by atoms with van der Waals surface area (Å²) in [6.07, 6.45) is 0. The maximum atomic E-state index is 13.1. The SMILES string of the molecule is CN(C(=O)COC1(C)CNC1)c1cccc(F)c1. The van der Waals surface area contributed by atoms with E-state index in [1.54, 1.807) is 19.2 Å². The van der Waals surface area contributed by atoms with E-state index in [-0.39, 0.29) is 23.9 Å². The summed E-state index contributed by atoms with van der Waals surface area (Å²) >= 11 is 0. The van der Waals surface area contributed by atoms with Gasteiger partial charge in [0.15, 0.2) is 0 Å². The molecule has 0 unspecified atom stereocenters. The number of ether oxygens (including phenoxy) is 1. The Balaban J connectivity index is 1.92. The Morgan fingerprint density at radius 1 is 1.56 bits per heavy atom. The van der Waals surface area contributed by atoms with Crippen LogP contribution >= 0.6 is 0 Å². The van der Waals surface area contributed by atoms with Gasteiger partial charge in [-0.15, -0.1) is 0 Å². The molecule has 1 aromatic rings. The zero-order valence-electron chi connectivity index (χ0n) is 10.6. The highest BCUT2D eigenvalue weighted by Crippen LogP contribution is 2.17. The van der Waals surface area contributed by atoms with Crippen molar-refractivity contribution in [3.8, 4) is 0 Å². The number of benzene rings is 1. The number of carbonyl (C=O) groups excluding carboxylic acids is 1. The maximum absolute atomic E-state index is 13.1. The molecule has 0 atom stereocenters. The van der Waals surface area contributed by atoms with Gasteiger partial charge in [0.25, 0.3) is 5.91 Å². The van der Waals surface area contributed by atoms with Gasteiger partial charge in [-0.1, -0.05) is 6.07 Å². The Morgan fingerprint density at radius 3 is 2.83 bits per heavy atom. The lowest BCUT2D eigenvalue weighted by molar-refractivity contribution is -0.133. The highest BCUT2D eigenvalue weighted by Gasteiger charge is 2.33. The summed E-state index contributed by atoms with van der Waals surface area (Å²) in [5, 5.41) is 3.09. The fourth-order valence-electron chi connectivity index (χ4n) is 1.74. The molecule has 0 bridgehead atoms. The zero-order valence-corrected chi connectivity index (χ0v) is 10.6. The van der Waals surface area contributed by atoms with Crippen molar-refractivity contribution in [1.29, 1.82) is 0 Å². The molecular formula is C13H17FN2O2. The number of nitrogens with zero attached hydrogens (tertiary/aromatic N) is 1. The molecule has 2 rings (SSSR count). The second kappa shape index (κ2) is 5.04. The van der Waals surface area contributed by atoms with E-state index in [2.05, 4.69) is 5.32 Å². The van der Waals surface area contributed by atoms with E-state index >= 15 is 0 Å². The van der Waals surface area contributed by atoms with Crippen LogP contribution in [-0.2, 0) is 9.53 Å². The van der Waals surface area contributed by atoms with Gasteiger partial charge in [0.05, 0.1) is 5.60 Å². The second-order valence-electron chi connectivity index (χ2n) is 4.77. The third kappa shape index (κ3) is 2.86. The van der Waals surface area contributed by atoms with Gasteiger partial charge in [-0.25, -0.2) is 4.39 Å². The summed E-state index contributed by atoms with van der Waals surface area (Å²) in [5.41, 5.74) is 0.277. The molecule has 1 aliphatic heterocycles. The number of rotatable bonds is 4. The number of hydrogen-bond donors (Lipinski definition) is 1. The lowest BCUT2D eigenvalue weighted by atomic mass is 10.0. The van der Waals surface area contributed by atoms with Crippen LogP contribution < -0.4 is 10.2 Å². The predicted octanol–water partition coefficient (Wildman–Crippen LogP) is 1.17. The maximum Gasteiger partial charge on any atom is 0.252 e. The van der Waals surface area contributed by atoms with Crippen LogP contribution in [0.3, 0.4) is 0 Å². The third-order valence-corrected chi connectivity index (χ3v) is 3.11. The van der Waals surface area contributed by atoms with Crippen molar-refractivity contribution in [2.45, 2.75) is 12.5 Å². The van der Waals surface area contributed by atoms with Gasteiger partial charge in [0.2, 0.25) is 0 Å². The second-order valence-corrected chi connectivity index (χ2v) is 4.77. The Morgan fingerprint density at radius 2 is 2.28 bits per heavy atom. The zero-order chi connectivity index (χ0) is 13.2. The van der Waals surface area contributed by atoms with Gasteiger partial charge in [-0.3, -0.25) is 4.79 Å². The molecule has 0 spiro atoms. The molecule has 4 nitrogen and oxygen atoms in total. The van der Waals surface area contributed by atoms with E-state index in [0.29, 0.717) is 5.69 Å². The summed E-state index contributed by atoms with van der Waals surface area (Å²) in [4.78, 5) is 13.3. The van der Waals surface area contributed by atoms with Crippen LogP contribution in [0.25, 0.3) is 0 Å². The molecule has 1 aromatic carbocycles. The monoisotopic (exact) mass is 252 g/mol. The van der Waals surface area contributed by atoms with Crippen LogP contribution in [0, 0.1) is 5.82 Å². The lowest BCUT2D eigenvalue weighted by Crippen LogP contribution is -2.59. The number of carbonyl (C=O) groups is 1. The Hall–Kier alpha value is -1.46. The van der Waals surface area contributed by atoms with E-state index in [1.165, 1.54) is 17.0 Å². The first-order chi connectivity index (χ1) is 8.50. The van der Waals surface area contributed by atoms with Crippen molar-refractivity contribution >= 4 is 11.6 Å². The van der Waals surface area contributed by atoms with E-state index in [9.17, 15) is 9.18 Å². The molecule has 0 saturated carbocycles. The number of amides is 1. The highest BCUT2D eigenvalue weighted by atomic mass is 19.1. The van der Waals surface area contributed by atoms with Crippen LogP contribution in [0.1, 0.15) is 6.92 Å². The largest absolute Gasteiger partial charge is 0.363 e. The Labute approximate surface area is 106 Å². The fraction of sp³-hybridized carbons (Fsp3) is 0.462. The smallest absolute Gasteiger partial charge is 0.252 e. The van der Waals surface area contributed by atoms with Crippen molar-refractivity contribution in [2.24, 2.45) is 0 Å². The fourth-order valence-corrected chi connectivity index (χ4v) is 1.74. The van der Waals surface area contributed by atoms with Crippen molar-refractivity contribution in [1.82, 2.24) is 5.32 Å². The molecule has 1 N–H and O–H groups in total. The molecule has 1 heterocycles. The lowest BCUT2D eigenvalue weighted by Gasteiger charge is -2.39. The molecule has 18 heavy (non-hydrogen) atoms. The van der Waals surface area contributed by atoms with Crippen molar-refractivity contribution in [2.75, 3.05) is 31.6 Å². The van der Waals surface area contributed by atoms with E-state index in [4.69, 9.17) is 4.74 Å². The molecule has 1 fully saturated rings. The van der Waals surface area contributed by atoms with E-state index in [0.717, 1.165) is 13.1 Å². The molecule has 5 heteroatoms. The Kier molecular flexibility index (Phi) is 3.63. The number of hydrogen-bond acceptors (Lipinski definition) is 3. The first kappa shape index (κ1) is 13.0. The minimum absolute atomic E-state index is 0.00515. The molecule has 0 aromatic heterocycles. The molecule has 1 aliphatic rings. The van der Waals surface area contributed by atoms with E-state index < -0.39 is 0 Å². The summed E-state index contributed by atoms with van der Waals surface area (Å²) < 4.78 is 18.6.